The zero-order chi connectivity index (χ0) is 23.3. The third-order valence-electron chi connectivity index (χ3n) is 5.44. The molecule has 32 heavy (non-hydrogen) atoms. The Morgan fingerprint density at radius 1 is 1.22 bits per heavy atom. The highest BCUT2D eigenvalue weighted by Crippen LogP contribution is 2.28. The lowest BCUT2D eigenvalue weighted by Gasteiger charge is -2.33. The number of pyridine rings is 1. The van der Waals surface area contributed by atoms with E-state index in [0.29, 0.717) is 26.2 Å². The molecule has 8 nitrogen and oxygen atoms in total. The highest BCUT2D eigenvalue weighted by Gasteiger charge is 2.25. The van der Waals surface area contributed by atoms with Crippen LogP contribution in [0.5, 0.6) is 5.75 Å². The number of methoxy groups -OCH3 is 1. The number of aromatic nitrogens is 3. The highest BCUT2D eigenvalue weighted by atomic mass is 16.5. The van der Waals surface area contributed by atoms with Gasteiger partial charge in [0.2, 0.25) is 0 Å². The maximum atomic E-state index is 11.5. The molecule has 3 aromatic rings. The van der Waals surface area contributed by atoms with E-state index in [2.05, 4.69) is 16.5 Å². The van der Waals surface area contributed by atoms with E-state index in [4.69, 9.17) is 14.5 Å². The first-order chi connectivity index (χ1) is 15.3. The van der Waals surface area contributed by atoms with Crippen molar-refractivity contribution in [3.63, 3.8) is 0 Å². The predicted molar refractivity (Wildman–Crippen MR) is 126 cm³/mol. The van der Waals surface area contributed by atoms with Gasteiger partial charge in [0.25, 0.3) is 0 Å². The van der Waals surface area contributed by atoms with Gasteiger partial charge < -0.3 is 24.0 Å². The maximum absolute atomic E-state index is 11.5. The molecule has 0 fully saturated rings. The Balaban J connectivity index is 1.78. The summed E-state index contributed by atoms with van der Waals surface area (Å²) >= 11 is 0. The van der Waals surface area contributed by atoms with Crippen LogP contribution in [0.2, 0.25) is 0 Å². The maximum Gasteiger partial charge on any atom is 0.407 e. The minimum atomic E-state index is -0.912. The van der Waals surface area contributed by atoms with E-state index in [9.17, 15) is 9.90 Å². The van der Waals surface area contributed by atoms with Gasteiger partial charge in [-0.1, -0.05) is 6.92 Å². The molecule has 0 unspecified atom stereocenters. The smallest absolute Gasteiger partial charge is 0.407 e. The minimum absolute atomic E-state index is 0.422. The molecule has 8 heteroatoms. The molecule has 0 aliphatic carbocycles. The third kappa shape index (κ3) is 5.30. The van der Waals surface area contributed by atoms with Crippen LogP contribution in [-0.4, -0.2) is 63.0 Å². The first-order valence-corrected chi connectivity index (χ1v) is 11.2. The van der Waals surface area contributed by atoms with Crippen LogP contribution < -0.4 is 4.74 Å². The molecule has 0 saturated carbocycles. The summed E-state index contributed by atoms with van der Waals surface area (Å²) in [6.45, 7) is 10.2. The topological polar surface area (TPSA) is 89.7 Å². The summed E-state index contributed by atoms with van der Waals surface area (Å²) in [7, 11) is 1.70. The quantitative estimate of drug-likeness (QED) is 0.457. The van der Waals surface area contributed by atoms with E-state index in [1.54, 1.807) is 7.11 Å². The van der Waals surface area contributed by atoms with Gasteiger partial charge >= 0.3 is 6.09 Å². The fourth-order valence-electron chi connectivity index (χ4n) is 3.91. The molecule has 1 aromatic carbocycles. The van der Waals surface area contributed by atoms with Crippen LogP contribution in [0.3, 0.4) is 0 Å². The van der Waals surface area contributed by atoms with Gasteiger partial charge in [-0.2, -0.15) is 0 Å². The van der Waals surface area contributed by atoms with Gasteiger partial charge in [-0.25, -0.2) is 9.78 Å². The van der Waals surface area contributed by atoms with Gasteiger partial charge in [0, 0.05) is 43.6 Å². The number of carboxylic acid groups (broad SMARTS) is 1. The van der Waals surface area contributed by atoms with Crippen LogP contribution >= 0.6 is 0 Å². The van der Waals surface area contributed by atoms with E-state index in [0.717, 1.165) is 52.9 Å². The van der Waals surface area contributed by atoms with Gasteiger partial charge in [0.1, 0.15) is 17.1 Å². The zero-order valence-electron chi connectivity index (χ0n) is 19.7. The van der Waals surface area contributed by atoms with Crippen LogP contribution in [0, 0.1) is 0 Å². The molecule has 174 valence electrons. The van der Waals surface area contributed by atoms with Crippen LogP contribution in [0.15, 0.2) is 24.4 Å². The van der Waals surface area contributed by atoms with E-state index in [1.807, 2.05) is 45.2 Å². The molecule has 0 radical (unpaired) electrons. The van der Waals surface area contributed by atoms with Crippen molar-refractivity contribution in [2.45, 2.75) is 59.0 Å². The number of ether oxygens (including phenoxy) is 2. The second kappa shape index (κ2) is 10.2. The normalized spacial score (nSPS) is 11.9. The number of benzene rings is 1. The second-order valence-electron chi connectivity index (χ2n) is 8.90. The van der Waals surface area contributed by atoms with Crippen LogP contribution in [-0.2, 0) is 17.7 Å². The molecule has 0 saturated heterocycles. The second-order valence-corrected chi connectivity index (χ2v) is 8.90. The van der Waals surface area contributed by atoms with Crippen molar-refractivity contribution in [2.75, 3.05) is 26.9 Å². The molecule has 1 N–H and O–H groups in total. The van der Waals surface area contributed by atoms with E-state index >= 15 is 0 Å². The molecule has 0 aliphatic rings. The fourth-order valence-corrected chi connectivity index (χ4v) is 3.91. The standard InChI is InChI=1S/C24H34N4O4/c1-6-11-27-21(10-14-31-5)26-20-16-25-19-15-17(8-9-18(19)22(20)27)32-13-7-12-28(23(29)30)24(2,3)4/h8-9,15-16H,6-7,10-14H2,1-5H3,(H,29,30). The minimum Gasteiger partial charge on any atom is -0.493 e. The lowest BCUT2D eigenvalue weighted by Crippen LogP contribution is -2.45. The molecule has 0 bridgehead atoms. The third-order valence-corrected chi connectivity index (χ3v) is 5.44. The van der Waals surface area contributed by atoms with Crippen molar-refractivity contribution >= 4 is 28.0 Å². The molecule has 0 aliphatic heterocycles. The van der Waals surface area contributed by atoms with Crippen LogP contribution in [0.1, 0.15) is 46.4 Å². The number of hydrogen-bond donors (Lipinski definition) is 1. The molecule has 3 rings (SSSR count). The van der Waals surface area contributed by atoms with E-state index in [1.165, 1.54) is 4.90 Å². The fraction of sp³-hybridized carbons (Fsp3) is 0.542. The molecule has 0 atom stereocenters. The molecular formula is C24H34N4O4. The predicted octanol–water partition coefficient (Wildman–Crippen LogP) is 4.73. The summed E-state index contributed by atoms with van der Waals surface area (Å²) in [6.07, 6.45) is 3.29. The first-order valence-electron chi connectivity index (χ1n) is 11.2. The number of carbonyl (C=O) groups is 1. The lowest BCUT2D eigenvalue weighted by molar-refractivity contribution is 0.0962. The number of fused-ring (bicyclic) bond motifs is 3. The Morgan fingerprint density at radius 2 is 2.00 bits per heavy atom. The van der Waals surface area contributed by atoms with Crippen molar-refractivity contribution in [2.24, 2.45) is 0 Å². The van der Waals surface area contributed by atoms with Gasteiger partial charge in [-0.3, -0.25) is 4.98 Å². The van der Waals surface area contributed by atoms with E-state index < -0.39 is 11.6 Å². The summed E-state index contributed by atoms with van der Waals surface area (Å²) < 4.78 is 13.4. The number of nitrogens with zero attached hydrogens (tertiary/aromatic N) is 4. The van der Waals surface area contributed by atoms with E-state index in [-0.39, 0.29) is 0 Å². The molecule has 2 aromatic heterocycles. The Morgan fingerprint density at radius 3 is 2.66 bits per heavy atom. The van der Waals surface area contributed by atoms with Gasteiger partial charge in [-0.05, 0) is 45.7 Å². The zero-order valence-corrected chi connectivity index (χ0v) is 19.7. The van der Waals surface area contributed by atoms with Crippen molar-refractivity contribution in [3.05, 3.63) is 30.2 Å². The number of hydrogen-bond acceptors (Lipinski definition) is 5. The van der Waals surface area contributed by atoms with Crippen LogP contribution in [0.25, 0.3) is 21.9 Å². The van der Waals surface area contributed by atoms with Crippen LogP contribution in [0.4, 0.5) is 4.79 Å². The summed E-state index contributed by atoms with van der Waals surface area (Å²) in [6, 6.07) is 5.92. The Bertz CT molecular complexity index is 1070. The first kappa shape index (κ1) is 23.8. The summed E-state index contributed by atoms with van der Waals surface area (Å²) in [4.78, 5) is 22.3. The average molecular weight is 443 g/mol. The average Bonchev–Trinajstić information content (AvgIpc) is 3.08. The van der Waals surface area contributed by atoms with Crippen molar-refractivity contribution in [1.82, 2.24) is 19.4 Å². The van der Waals surface area contributed by atoms with Crippen molar-refractivity contribution in [1.29, 1.82) is 0 Å². The number of rotatable bonds is 10. The SMILES string of the molecule is CCCn1c(CCOC)nc2cnc3cc(OCCCN(C(=O)O)C(C)(C)C)ccc3c21. The largest absolute Gasteiger partial charge is 0.493 e. The van der Waals surface area contributed by atoms with Gasteiger partial charge in [0.15, 0.2) is 0 Å². The van der Waals surface area contributed by atoms with Crippen molar-refractivity contribution < 1.29 is 19.4 Å². The molecular weight excluding hydrogens is 408 g/mol. The van der Waals surface area contributed by atoms with Crippen molar-refractivity contribution in [3.8, 4) is 5.75 Å². The summed E-state index contributed by atoms with van der Waals surface area (Å²) in [5.74, 6) is 1.74. The molecule has 0 spiro atoms. The molecule has 1 amide bonds. The summed E-state index contributed by atoms with van der Waals surface area (Å²) in [5, 5.41) is 10.4. The number of amides is 1. The lowest BCUT2D eigenvalue weighted by atomic mass is 10.1. The Kier molecular flexibility index (Phi) is 7.56. The number of aryl methyl sites for hydroxylation is 1. The number of imidazole rings is 1. The molecule has 2 heterocycles. The van der Waals surface area contributed by atoms with Gasteiger partial charge in [0.05, 0.1) is 30.4 Å². The highest BCUT2D eigenvalue weighted by molar-refractivity contribution is 6.02. The summed E-state index contributed by atoms with van der Waals surface area (Å²) in [5.41, 5.74) is 2.40. The monoisotopic (exact) mass is 442 g/mol. The van der Waals surface area contributed by atoms with Gasteiger partial charge in [-0.15, -0.1) is 0 Å². The Labute approximate surface area is 189 Å². The Hall–Kier alpha value is -2.87.